The third-order valence-corrected chi connectivity index (χ3v) is 5.46. The molecule has 0 unspecified atom stereocenters. The lowest BCUT2D eigenvalue weighted by atomic mass is 10.2. The molecule has 2 rings (SSSR count). The molecule has 1 aromatic carbocycles. The van der Waals surface area contributed by atoms with Gasteiger partial charge in [-0.1, -0.05) is 6.07 Å². The van der Waals surface area contributed by atoms with Crippen LogP contribution in [0.1, 0.15) is 5.56 Å². The first kappa shape index (κ1) is 19.4. The molecule has 0 saturated carbocycles. The molecule has 25 heavy (non-hydrogen) atoms. The summed E-state index contributed by atoms with van der Waals surface area (Å²) in [7, 11) is 1.13. The molecule has 1 aliphatic rings. The van der Waals surface area contributed by atoms with E-state index in [2.05, 4.69) is 5.43 Å². The van der Waals surface area contributed by atoms with Crippen molar-refractivity contribution in [2.45, 2.75) is 4.90 Å². The van der Waals surface area contributed by atoms with Crippen LogP contribution >= 0.6 is 0 Å². The summed E-state index contributed by atoms with van der Waals surface area (Å²) in [5, 5.41) is 1.52. The Labute approximate surface area is 148 Å². The molecule has 1 N–H and O–H groups in total. The number of carbonyl (C=O) groups is 1. The summed E-state index contributed by atoms with van der Waals surface area (Å²) in [6.45, 7) is 1.34. The third-order valence-electron chi connectivity index (χ3n) is 3.54. The predicted octanol–water partition coefficient (Wildman–Crippen LogP) is 0.322. The predicted molar refractivity (Wildman–Crippen MR) is 93.4 cm³/mol. The standard InChI is InChI=1S/C16H23N3O5S/c1-18(2)17-16(20)7-5-13-4-6-14(23-3)15(12-13)25(21,22)19-8-10-24-11-9-19/h4-7,12H,8-11H2,1-3H3,(H,17,20)/b7-5+. The normalized spacial score (nSPS) is 16.3. The Kier molecular flexibility index (Phi) is 6.54. The van der Waals surface area contributed by atoms with Gasteiger partial charge in [0.1, 0.15) is 10.6 Å². The maximum Gasteiger partial charge on any atom is 0.258 e. The van der Waals surface area contributed by atoms with Crippen LogP contribution in [0.25, 0.3) is 6.08 Å². The van der Waals surface area contributed by atoms with E-state index in [9.17, 15) is 13.2 Å². The van der Waals surface area contributed by atoms with Gasteiger partial charge in [-0.05, 0) is 23.8 Å². The van der Waals surface area contributed by atoms with Gasteiger partial charge >= 0.3 is 0 Å². The van der Waals surface area contributed by atoms with Crippen molar-refractivity contribution in [3.05, 3.63) is 29.8 Å². The monoisotopic (exact) mass is 369 g/mol. The molecular weight excluding hydrogens is 346 g/mol. The van der Waals surface area contributed by atoms with E-state index in [0.717, 1.165) is 0 Å². The second-order valence-corrected chi connectivity index (χ2v) is 7.54. The first-order valence-electron chi connectivity index (χ1n) is 7.76. The van der Waals surface area contributed by atoms with Crippen molar-refractivity contribution >= 4 is 22.0 Å². The highest BCUT2D eigenvalue weighted by atomic mass is 32.2. The molecule has 1 fully saturated rings. The van der Waals surface area contributed by atoms with Crippen LogP contribution < -0.4 is 10.2 Å². The molecule has 1 heterocycles. The molecular formula is C16H23N3O5S. The molecule has 8 nitrogen and oxygen atoms in total. The fraction of sp³-hybridized carbons (Fsp3) is 0.438. The molecule has 138 valence electrons. The van der Waals surface area contributed by atoms with Crippen LogP contribution in [-0.2, 0) is 19.6 Å². The van der Waals surface area contributed by atoms with Gasteiger partial charge in [-0.25, -0.2) is 13.4 Å². The van der Waals surface area contributed by atoms with E-state index in [4.69, 9.17) is 9.47 Å². The minimum Gasteiger partial charge on any atom is -0.495 e. The number of ether oxygens (including phenoxy) is 2. The van der Waals surface area contributed by atoms with Gasteiger partial charge in [0.2, 0.25) is 10.0 Å². The molecule has 1 saturated heterocycles. The second kappa shape index (κ2) is 8.43. The van der Waals surface area contributed by atoms with Crippen LogP contribution in [0.5, 0.6) is 5.75 Å². The van der Waals surface area contributed by atoms with Gasteiger partial charge in [-0.3, -0.25) is 10.2 Å². The summed E-state index contributed by atoms with van der Waals surface area (Å²) in [6, 6.07) is 4.77. The van der Waals surface area contributed by atoms with Gasteiger partial charge in [0.15, 0.2) is 0 Å². The zero-order chi connectivity index (χ0) is 18.4. The lowest BCUT2D eigenvalue weighted by Crippen LogP contribution is -2.40. The van der Waals surface area contributed by atoms with Crippen molar-refractivity contribution in [1.29, 1.82) is 0 Å². The SMILES string of the molecule is COc1ccc(/C=C/C(=O)NN(C)C)cc1S(=O)(=O)N1CCOCC1. The highest BCUT2D eigenvalue weighted by Gasteiger charge is 2.29. The number of sulfonamides is 1. The van der Waals surface area contributed by atoms with E-state index in [1.165, 1.54) is 28.6 Å². The summed E-state index contributed by atoms with van der Waals surface area (Å²) < 4.78 is 37.6. The average molecular weight is 369 g/mol. The summed E-state index contributed by atoms with van der Waals surface area (Å²) in [4.78, 5) is 11.8. The smallest absolute Gasteiger partial charge is 0.258 e. The number of nitrogens with zero attached hydrogens (tertiary/aromatic N) is 2. The van der Waals surface area contributed by atoms with Crippen molar-refractivity contribution in [3.8, 4) is 5.75 Å². The van der Waals surface area contributed by atoms with E-state index in [1.807, 2.05) is 0 Å². The van der Waals surface area contributed by atoms with Crippen LogP contribution in [0.2, 0.25) is 0 Å². The van der Waals surface area contributed by atoms with E-state index in [1.54, 1.807) is 32.3 Å². The van der Waals surface area contributed by atoms with E-state index in [-0.39, 0.29) is 16.6 Å². The Bertz CT molecular complexity index is 740. The molecule has 1 aliphatic heterocycles. The van der Waals surface area contributed by atoms with E-state index >= 15 is 0 Å². The number of methoxy groups -OCH3 is 1. The fourth-order valence-corrected chi connectivity index (χ4v) is 3.95. The van der Waals surface area contributed by atoms with Gasteiger partial charge in [0.25, 0.3) is 5.91 Å². The molecule has 1 amide bonds. The van der Waals surface area contributed by atoms with Gasteiger partial charge < -0.3 is 9.47 Å². The molecule has 0 aliphatic carbocycles. The van der Waals surface area contributed by atoms with Crippen LogP contribution in [0, 0.1) is 0 Å². The number of amides is 1. The Morgan fingerprint density at radius 1 is 1.32 bits per heavy atom. The number of morpholine rings is 1. The third kappa shape index (κ3) is 5.02. The zero-order valence-electron chi connectivity index (χ0n) is 14.6. The van der Waals surface area contributed by atoms with Crippen molar-refractivity contribution < 1.29 is 22.7 Å². The minimum atomic E-state index is -3.70. The van der Waals surface area contributed by atoms with Gasteiger partial charge in [0, 0.05) is 33.3 Å². The quantitative estimate of drug-likeness (QED) is 0.574. The number of rotatable bonds is 6. The molecule has 0 atom stereocenters. The summed E-state index contributed by atoms with van der Waals surface area (Å²) >= 11 is 0. The molecule has 0 radical (unpaired) electrons. The van der Waals surface area contributed by atoms with Crippen LogP contribution in [0.3, 0.4) is 0 Å². The topological polar surface area (TPSA) is 88.2 Å². The lowest BCUT2D eigenvalue weighted by molar-refractivity contribution is -0.119. The van der Waals surface area contributed by atoms with Crippen molar-refractivity contribution in [2.24, 2.45) is 0 Å². The van der Waals surface area contributed by atoms with E-state index < -0.39 is 10.0 Å². The minimum absolute atomic E-state index is 0.0760. The summed E-state index contributed by atoms with van der Waals surface area (Å²) in [6.07, 6.45) is 2.89. The van der Waals surface area contributed by atoms with Crippen molar-refractivity contribution in [2.75, 3.05) is 47.5 Å². The number of carbonyl (C=O) groups excluding carboxylic acids is 1. The number of nitrogens with one attached hydrogen (secondary N) is 1. The zero-order valence-corrected chi connectivity index (χ0v) is 15.4. The lowest BCUT2D eigenvalue weighted by Gasteiger charge is -2.26. The first-order valence-corrected chi connectivity index (χ1v) is 9.20. The van der Waals surface area contributed by atoms with Crippen LogP contribution in [-0.4, -0.2) is 71.1 Å². The molecule has 0 spiro atoms. The van der Waals surface area contributed by atoms with E-state index in [0.29, 0.717) is 31.9 Å². The van der Waals surface area contributed by atoms with Gasteiger partial charge in [0.05, 0.1) is 20.3 Å². The Morgan fingerprint density at radius 3 is 2.60 bits per heavy atom. The van der Waals surface area contributed by atoms with Crippen molar-refractivity contribution in [3.63, 3.8) is 0 Å². The number of benzene rings is 1. The van der Waals surface area contributed by atoms with Gasteiger partial charge in [-0.2, -0.15) is 4.31 Å². The Morgan fingerprint density at radius 2 is 2.00 bits per heavy atom. The summed E-state index contributed by atoms with van der Waals surface area (Å²) in [5.74, 6) is -0.0419. The molecule has 1 aromatic rings. The number of hydrazine groups is 1. The highest BCUT2D eigenvalue weighted by Crippen LogP contribution is 2.28. The molecule has 0 bridgehead atoms. The Hall–Kier alpha value is -1.94. The molecule has 9 heteroatoms. The largest absolute Gasteiger partial charge is 0.495 e. The molecule has 0 aromatic heterocycles. The maximum absolute atomic E-state index is 12.9. The number of hydrogen-bond donors (Lipinski definition) is 1. The average Bonchev–Trinajstić information content (AvgIpc) is 2.60. The maximum atomic E-state index is 12.9. The highest BCUT2D eigenvalue weighted by molar-refractivity contribution is 7.89. The second-order valence-electron chi connectivity index (χ2n) is 5.63. The van der Waals surface area contributed by atoms with Crippen molar-refractivity contribution in [1.82, 2.24) is 14.7 Å². The van der Waals surface area contributed by atoms with Gasteiger partial charge in [-0.15, -0.1) is 0 Å². The van der Waals surface area contributed by atoms with Crippen LogP contribution in [0.4, 0.5) is 0 Å². The number of hydrogen-bond acceptors (Lipinski definition) is 6. The Balaban J connectivity index is 2.30. The summed E-state index contributed by atoms with van der Waals surface area (Å²) in [5.41, 5.74) is 3.16. The first-order chi connectivity index (χ1) is 11.8. The fourth-order valence-electron chi connectivity index (χ4n) is 2.35. The van der Waals surface area contributed by atoms with Crippen LogP contribution in [0.15, 0.2) is 29.2 Å².